The number of ether oxygens (including phenoxy) is 1. The van der Waals surface area contributed by atoms with Gasteiger partial charge in [0.05, 0.1) is 13.2 Å². The Balaban J connectivity index is 1.85. The molecule has 2 aromatic carbocycles. The summed E-state index contributed by atoms with van der Waals surface area (Å²) >= 11 is 0. The molecule has 0 saturated heterocycles. The van der Waals surface area contributed by atoms with Gasteiger partial charge < -0.3 is 10.1 Å². The molecule has 0 aromatic heterocycles. The summed E-state index contributed by atoms with van der Waals surface area (Å²) in [5.41, 5.74) is 3.26. The minimum atomic E-state index is -0.0229. The van der Waals surface area contributed by atoms with Gasteiger partial charge in [-0.15, -0.1) is 0 Å². The van der Waals surface area contributed by atoms with Crippen LogP contribution in [0.4, 0.5) is 5.69 Å². The first-order valence-electron chi connectivity index (χ1n) is 7.84. The zero-order chi connectivity index (χ0) is 16.7. The van der Waals surface area contributed by atoms with Crippen molar-refractivity contribution in [2.45, 2.75) is 20.4 Å². The number of amides is 1. The van der Waals surface area contributed by atoms with Gasteiger partial charge in [0.2, 0.25) is 5.91 Å². The van der Waals surface area contributed by atoms with Gasteiger partial charge in [0, 0.05) is 12.2 Å². The van der Waals surface area contributed by atoms with Gasteiger partial charge >= 0.3 is 0 Å². The van der Waals surface area contributed by atoms with Crippen molar-refractivity contribution in [1.29, 1.82) is 0 Å². The number of benzene rings is 2. The van der Waals surface area contributed by atoms with Crippen LogP contribution in [0, 0.1) is 6.92 Å². The highest BCUT2D eigenvalue weighted by Gasteiger charge is 2.08. The van der Waals surface area contributed by atoms with E-state index in [4.69, 9.17) is 4.74 Å². The molecular weight excluding hydrogens is 288 g/mol. The van der Waals surface area contributed by atoms with E-state index in [9.17, 15) is 4.79 Å². The van der Waals surface area contributed by atoms with Crippen molar-refractivity contribution in [2.75, 3.05) is 25.5 Å². The molecule has 2 rings (SSSR count). The number of nitrogens with one attached hydrogen (secondary N) is 1. The molecule has 0 saturated carbocycles. The summed E-state index contributed by atoms with van der Waals surface area (Å²) in [7, 11) is 1.95. The maximum absolute atomic E-state index is 12.1. The molecule has 1 amide bonds. The van der Waals surface area contributed by atoms with Gasteiger partial charge in [0.1, 0.15) is 5.75 Å². The van der Waals surface area contributed by atoms with Crippen LogP contribution in [0.3, 0.4) is 0 Å². The van der Waals surface area contributed by atoms with Crippen LogP contribution in [0.5, 0.6) is 5.75 Å². The van der Waals surface area contributed by atoms with Crippen LogP contribution in [0.2, 0.25) is 0 Å². The minimum Gasteiger partial charge on any atom is -0.494 e. The number of hydrogen-bond acceptors (Lipinski definition) is 3. The molecule has 23 heavy (non-hydrogen) atoms. The third kappa shape index (κ3) is 5.42. The molecule has 4 heteroatoms. The maximum Gasteiger partial charge on any atom is 0.238 e. The van der Waals surface area contributed by atoms with Crippen LogP contribution in [0.15, 0.2) is 48.5 Å². The van der Waals surface area contributed by atoms with Gasteiger partial charge in [-0.25, -0.2) is 0 Å². The number of nitrogens with zero attached hydrogens (tertiary/aromatic N) is 1. The lowest BCUT2D eigenvalue weighted by atomic mass is 10.1. The number of likely N-dealkylation sites (N-methyl/N-ethyl adjacent to an activating group) is 1. The highest BCUT2D eigenvalue weighted by molar-refractivity contribution is 5.92. The number of aryl methyl sites for hydroxylation is 1. The number of carbonyl (C=O) groups is 1. The number of hydrogen-bond donors (Lipinski definition) is 1. The normalized spacial score (nSPS) is 10.6. The molecular formula is C19H24N2O2. The number of rotatable bonds is 7. The molecule has 0 aliphatic carbocycles. The lowest BCUT2D eigenvalue weighted by molar-refractivity contribution is -0.117. The van der Waals surface area contributed by atoms with Gasteiger partial charge in [-0.2, -0.15) is 0 Å². The van der Waals surface area contributed by atoms with Crippen LogP contribution in [-0.4, -0.2) is 31.0 Å². The fourth-order valence-electron chi connectivity index (χ4n) is 2.38. The topological polar surface area (TPSA) is 41.6 Å². The molecule has 0 heterocycles. The Labute approximate surface area is 138 Å². The van der Waals surface area contributed by atoms with E-state index < -0.39 is 0 Å². The van der Waals surface area contributed by atoms with Gasteiger partial charge in [-0.05, 0) is 56.3 Å². The summed E-state index contributed by atoms with van der Waals surface area (Å²) in [5.74, 6) is 0.785. The van der Waals surface area contributed by atoms with Gasteiger partial charge in [0.25, 0.3) is 0 Å². The molecule has 0 fully saturated rings. The SMILES string of the molecule is CCOc1ccc(NC(=O)CN(C)Cc2ccccc2C)cc1. The van der Waals surface area contributed by atoms with E-state index in [0.29, 0.717) is 13.2 Å². The van der Waals surface area contributed by atoms with Crippen molar-refractivity contribution < 1.29 is 9.53 Å². The van der Waals surface area contributed by atoms with Gasteiger partial charge in [-0.1, -0.05) is 24.3 Å². The Morgan fingerprint density at radius 2 is 1.83 bits per heavy atom. The van der Waals surface area contributed by atoms with Crippen LogP contribution in [-0.2, 0) is 11.3 Å². The molecule has 0 atom stereocenters. The predicted molar refractivity (Wildman–Crippen MR) is 93.8 cm³/mol. The Morgan fingerprint density at radius 1 is 1.13 bits per heavy atom. The van der Waals surface area contributed by atoms with E-state index in [0.717, 1.165) is 18.0 Å². The maximum atomic E-state index is 12.1. The lowest BCUT2D eigenvalue weighted by Gasteiger charge is -2.17. The van der Waals surface area contributed by atoms with E-state index in [-0.39, 0.29) is 5.91 Å². The smallest absolute Gasteiger partial charge is 0.238 e. The zero-order valence-corrected chi connectivity index (χ0v) is 14.0. The van der Waals surface area contributed by atoms with E-state index in [1.807, 2.05) is 55.3 Å². The average Bonchev–Trinajstić information content (AvgIpc) is 2.51. The van der Waals surface area contributed by atoms with Crippen molar-refractivity contribution in [2.24, 2.45) is 0 Å². The monoisotopic (exact) mass is 312 g/mol. The standard InChI is InChI=1S/C19H24N2O2/c1-4-23-18-11-9-17(10-12-18)20-19(22)14-21(3)13-16-8-6-5-7-15(16)2/h5-12H,4,13-14H2,1-3H3,(H,20,22). The molecule has 0 spiro atoms. The third-order valence-corrected chi connectivity index (χ3v) is 3.56. The average molecular weight is 312 g/mol. The first-order valence-corrected chi connectivity index (χ1v) is 7.84. The minimum absolute atomic E-state index is 0.0229. The molecule has 0 aliphatic heterocycles. The summed E-state index contributed by atoms with van der Waals surface area (Å²) in [6, 6.07) is 15.6. The molecule has 0 radical (unpaired) electrons. The third-order valence-electron chi connectivity index (χ3n) is 3.56. The summed E-state index contributed by atoms with van der Waals surface area (Å²) in [6.45, 7) is 5.77. The summed E-state index contributed by atoms with van der Waals surface area (Å²) in [6.07, 6.45) is 0. The van der Waals surface area contributed by atoms with E-state index in [2.05, 4.69) is 24.4 Å². The van der Waals surface area contributed by atoms with Crippen molar-refractivity contribution in [3.63, 3.8) is 0 Å². The molecule has 0 aliphatic rings. The second kappa shape index (κ2) is 8.34. The largest absolute Gasteiger partial charge is 0.494 e. The molecule has 0 bridgehead atoms. The number of carbonyl (C=O) groups excluding carboxylic acids is 1. The summed E-state index contributed by atoms with van der Waals surface area (Å²) in [4.78, 5) is 14.1. The van der Waals surface area contributed by atoms with Crippen LogP contribution >= 0.6 is 0 Å². The second-order valence-corrected chi connectivity index (χ2v) is 5.60. The Morgan fingerprint density at radius 3 is 2.48 bits per heavy atom. The molecule has 4 nitrogen and oxygen atoms in total. The van der Waals surface area contributed by atoms with E-state index >= 15 is 0 Å². The van der Waals surface area contributed by atoms with E-state index in [1.54, 1.807) is 0 Å². The second-order valence-electron chi connectivity index (χ2n) is 5.60. The van der Waals surface area contributed by atoms with E-state index in [1.165, 1.54) is 11.1 Å². The quantitative estimate of drug-likeness (QED) is 0.851. The fraction of sp³-hybridized carbons (Fsp3) is 0.316. The van der Waals surface area contributed by atoms with Crippen LogP contribution < -0.4 is 10.1 Å². The van der Waals surface area contributed by atoms with Gasteiger partial charge in [0.15, 0.2) is 0 Å². The van der Waals surface area contributed by atoms with Crippen LogP contribution in [0.25, 0.3) is 0 Å². The fourth-order valence-corrected chi connectivity index (χ4v) is 2.38. The highest BCUT2D eigenvalue weighted by atomic mass is 16.5. The number of anilines is 1. The predicted octanol–water partition coefficient (Wildman–Crippen LogP) is 3.46. The Bertz CT molecular complexity index is 638. The first kappa shape index (κ1) is 17.0. The first-order chi connectivity index (χ1) is 11.1. The highest BCUT2D eigenvalue weighted by Crippen LogP contribution is 2.15. The molecule has 1 N–H and O–H groups in total. The van der Waals surface area contributed by atoms with Crippen molar-refractivity contribution in [3.05, 3.63) is 59.7 Å². The summed E-state index contributed by atoms with van der Waals surface area (Å²) < 4.78 is 5.39. The molecule has 2 aromatic rings. The Kier molecular flexibility index (Phi) is 6.18. The van der Waals surface area contributed by atoms with Crippen molar-refractivity contribution in [1.82, 2.24) is 4.90 Å². The van der Waals surface area contributed by atoms with Gasteiger partial charge in [-0.3, -0.25) is 9.69 Å². The summed E-state index contributed by atoms with van der Waals surface area (Å²) in [5, 5.41) is 2.91. The Hall–Kier alpha value is -2.33. The zero-order valence-electron chi connectivity index (χ0n) is 14.0. The molecule has 0 unspecified atom stereocenters. The molecule has 122 valence electrons. The van der Waals surface area contributed by atoms with Crippen molar-refractivity contribution >= 4 is 11.6 Å². The van der Waals surface area contributed by atoms with Crippen molar-refractivity contribution in [3.8, 4) is 5.75 Å². The van der Waals surface area contributed by atoms with Crippen LogP contribution in [0.1, 0.15) is 18.1 Å². The lowest BCUT2D eigenvalue weighted by Crippen LogP contribution is -2.30.